The molecular weight excluding hydrogens is 182 g/mol. The molecule has 0 amide bonds. The van der Waals surface area contributed by atoms with Gasteiger partial charge in [-0.15, -0.1) is 0 Å². The molecule has 0 radical (unpaired) electrons. The van der Waals surface area contributed by atoms with E-state index in [1.807, 2.05) is 0 Å². The molecule has 0 aliphatic rings. The van der Waals surface area contributed by atoms with Crippen LogP contribution < -0.4 is 4.74 Å². The lowest BCUT2D eigenvalue weighted by molar-refractivity contribution is -0.466. The number of nitro groups is 1. The number of nitrogens with zero attached hydrogens (tertiary/aromatic N) is 1. The topological polar surface area (TPSA) is 52.4 Å². The maximum Gasteiger partial charge on any atom is 0.263 e. The minimum Gasteiger partial charge on any atom is -0.497 e. The Morgan fingerprint density at radius 3 is 2.57 bits per heavy atom. The van der Waals surface area contributed by atoms with Gasteiger partial charge in [-0.1, -0.05) is 5.92 Å². The molecule has 0 spiro atoms. The van der Waals surface area contributed by atoms with E-state index in [2.05, 4.69) is 11.8 Å². The highest BCUT2D eigenvalue weighted by Gasteiger charge is 1.91. The highest BCUT2D eigenvalue weighted by molar-refractivity contribution is 5.38. The summed E-state index contributed by atoms with van der Waals surface area (Å²) in [6.07, 6.45) is 0. The number of hydrogen-bond acceptors (Lipinski definition) is 3. The maximum absolute atomic E-state index is 9.97. The minimum atomic E-state index is -0.462. The average Bonchev–Trinajstić information content (AvgIpc) is 2.18. The predicted molar refractivity (Wildman–Crippen MR) is 51.7 cm³/mol. The lowest BCUT2D eigenvalue weighted by atomic mass is 10.2. The normalized spacial score (nSPS) is 8.64. The van der Waals surface area contributed by atoms with Gasteiger partial charge in [0.2, 0.25) is 0 Å². The third kappa shape index (κ3) is 3.15. The molecule has 72 valence electrons. The van der Waals surface area contributed by atoms with E-state index in [9.17, 15) is 10.1 Å². The maximum atomic E-state index is 9.97. The second kappa shape index (κ2) is 4.87. The average molecular weight is 191 g/mol. The van der Waals surface area contributed by atoms with Crippen molar-refractivity contribution >= 4 is 0 Å². The lowest BCUT2D eigenvalue weighted by Gasteiger charge is -1.97. The van der Waals surface area contributed by atoms with Gasteiger partial charge in [0.1, 0.15) is 5.75 Å². The molecule has 0 saturated heterocycles. The van der Waals surface area contributed by atoms with Crippen LogP contribution in [-0.2, 0) is 0 Å². The third-order valence-electron chi connectivity index (χ3n) is 1.53. The lowest BCUT2D eigenvalue weighted by Crippen LogP contribution is -1.96. The van der Waals surface area contributed by atoms with E-state index >= 15 is 0 Å². The molecular formula is C10H9NO3. The Balaban J connectivity index is 2.66. The van der Waals surface area contributed by atoms with Crippen LogP contribution >= 0.6 is 0 Å². The van der Waals surface area contributed by atoms with Crippen LogP contribution in [-0.4, -0.2) is 18.6 Å². The van der Waals surface area contributed by atoms with Crippen molar-refractivity contribution in [3.63, 3.8) is 0 Å². The van der Waals surface area contributed by atoms with E-state index in [0.29, 0.717) is 0 Å². The minimum absolute atomic E-state index is 0.327. The van der Waals surface area contributed by atoms with Crippen molar-refractivity contribution in [1.29, 1.82) is 0 Å². The molecule has 0 bridgehead atoms. The molecule has 4 heteroatoms. The highest BCUT2D eigenvalue weighted by Crippen LogP contribution is 2.09. The van der Waals surface area contributed by atoms with Crippen LogP contribution in [0.4, 0.5) is 0 Å². The van der Waals surface area contributed by atoms with Crippen molar-refractivity contribution in [1.82, 2.24) is 0 Å². The van der Waals surface area contributed by atoms with Crippen molar-refractivity contribution in [2.75, 3.05) is 13.7 Å². The van der Waals surface area contributed by atoms with Crippen molar-refractivity contribution < 1.29 is 9.66 Å². The summed E-state index contributed by atoms with van der Waals surface area (Å²) >= 11 is 0. The first-order valence-corrected chi connectivity index (χ1v) is 3.97. The first-order valence-electron chi connectivity index (χ1n) is 3.97. The fourth-order valence-corrected chi connectivity index (χ4v) is 0.880. The van der Waals surface area contributed by atoms with E-state index in [1.165, 1.54) is 0 Å². The molecule has 0 heterocycles. The Morgan fingerprint density at radius 2 is 2.07 bits per heavy atom. The molecule has 1 aromatic rings. The number of rotatable bonds is 2. The first-order chi connectivity index (χ1) is 6.72. The van der Waals surface area contributed by atoms with Crippen LogP contribution in [0.5, 0.6) is 5.75 Å². The molecule has 1 rings (SSSR count). The van der Waals surface area contributed by atoms with Crippen molar-refractivity contribution in [3.8, 4) is 17.6 Å². The van der Waals surface area contributed by atoms with Gasteiger partial charge < -0.3 is 4.74 Å². The van der Waals surface area contributed by atoms with Crippen LogP contribution in [0.2, 0.25) is 0 Å². The SMILES string of the molecule is COc1ccc(C#CC[N+](=O)[O-])cc1. The zero-order valence-electron chi connectivity index (χ0n) is 7.69. The molecule has 0 fully saturated rings. The van der Waals surface area contributed by atoms with Gasteiger partial charge in [0.05, 0.1) is 7.11 Å². The molecule has 4 nitrogen and oxygen atoms in total. The van der Waals surface area contributed by atoms with Crippen molar-refractivity contribution in [2.24, 2.45) is 0 Å². The van der Waals surface area contributed by atoms with E-state index < -0.39 is 4.92 Å². The predicted octanol–water partition coefficient (Wildman–Crippen LogP) is 1.32. The third-order valence-corrected chi connectivity index (χ3v) is 1.53. The molecule has 0 aliphatic heterocycles. The van der Waals surface area contributed by atoms with Gasteiger partial charge in [0.15, 0.2) is 0 Å². The summed E-state index contributed by atoms with van der Waals surface area (Å²) < 4.78 is 4.96. The summed E-state index contributed by atoms with van der Waals surface area (Å²) in [6, 6.07) is 7.03. The molecule has 14 heavy (non-hydrogen) atoms. The molecule has 1 aromatic carbocycles. The van der Waals surface area contributed by atoms with Gasteiger partial charge >= 0.3 is 0 Å². The number of benzene rings is 1. The summed E-state index contributed by atoms with van der Waals surface area (Å²) in [4.78, 5) is 9.51. The Labute approximate surface area is 81.7 Å². The molecule has 0 atom stereocenters. The van der Waals surface area contributed by atoms with Crippen molar-refractivity contribution in [3.05, 3.63) is 39.9 Å². The molecule has 0 aliphatic carbocycles. The Kier molecular flexibility index (Phi) is 3.50. The molecule has 0 saturated carbocycles. The van der Waals surface area contributed by atoms with Gasteiger partial charge in [0.25, 0.3) is 6.54 Å². The summed E-state index contributed by atoms with van der Waals surface area (Å²) in [5, 5.41) is 9.97. The number of methoxy groups -OCH3 is 1. The zero-order valence-corrected chi connectivity index (χ0v) is 7.69. The highest BCUT2D eigenvalue weighted by atomic mass is 16.6. The van der Waals surface area contributed by atoms with Gasteiger partial charge in [-0.3, -0.25) is 10.1 Å². The van der Waals surface area contributed by atoms with E-state index in [-0.39, 0.29) is 6.54 Å². The Hall–Kier alpha value is -2.02. The monoisotopic (exact) mass is 191 g/mol. The summed E-state index contributed by atoms with van der Waals surface area (Å²) in [6.45, 7) is -0.327. The van der Waals surface area contributed by atoms with E-state index in [1.54, 1.807) is 31.4 Å². The Bertz CT molecular complexity index is 373. The standard InChI is InChI=1S/C10H9NO3/c1-14-10-6-4-9(5-7-10)3-2-8-11(12)13/h4-7H,8H2,1H3. The quantitative estimate of drug-likeness (QED) is 0.402. The van der Waals surface area contributed by atoms with Crippen LogP contribution in [0.15, 0.2) is 24.3 Å². The van der Waals surface area contributed by atoms with Gasteiger partial charge in [-0.05, 0) is 30.2 Å². The van der Waals surface area contributed by atoms with E-state index in [0.717, 1.165) is 11.3 Å². The fraction of sp³-hybridized carbons (Fsp3) is 0.200. The van der Waals surface area contributed by atoms with Crippen LogP contribution in [0.3, 0.4) is 0 Å². The molecule has 0 N–H and O–H groups in total. The van der Waals surface area contributed by atoms with E-state index in [4.69, 9.17) is 4.74 Å². The zero-order chi connectivity index (χ0) is 10.4. The van der Waals surface area contributed by atoms with Crippen LogP contribution in [0, 0.1) is 22.0 Å². The van der Waals surface area contributed by atoms with Crippen LogP contribution in [0.25, 0.3) is 0 Å². The smallest absolute Gasteiger partial charge is 0.263 e. The summed E-state index contributed by atoms with van der Waals surface area (Å²) in [5.74, 6) is 5.87. The molecule has 0 unspecified atom stereocenters. The largest absolute Gasteiger partial charge is 0.497 e. The number of hydrogen-bond donors (Lipinski definition) is 0. The van der Waals surface area contributed by atoms with Gasteiger partial charge in [-0.25, -0.2) is 0 Å². The first kappa shape index (κ1) is 10.1. The summed E-state index contributed by atoms with van der Waals surface area (Å²) in [7, 11) is 1.58. The molecule has 0 aromatic heterocycles. The number of ether oxygens (including phenoxy) is 1. The van der Waals surface area contributed by atoms with Crippen molar-refractivity contribution in [2.45, 2.75) is 0 Å². The fourth-order valence-electron chi connectivity index (χ4n) is 0.880. The Morgan fingerprint density at radius 1 is 1.43 bits per heavy atom. The second-order valence-corrected chi connectivity index (χ2v) is 2.52. The van der Waals surface area contributed by atoms with Crippen LogP contribution in [0.1, 0.15) is 5.56 Å². The van der Waals surface area contributed by atoms with Gasteiger partial charge in [-0.2, -0.15) is 0 Å². The second-order valence-electron chi connectivity index (χ2n) is 2.52. The van der Waals surface area contributed by atoms with Gasteiger partial charge in [0, 0.05) is 10.5 Å². The summed E-state index contributed by atoms with van der Waals surface area (Å²) in [5.41, 5.74) is 0.743.